The van der Waals surface area contributed by atoms with Crippen LogP contribution in [0.15, 0.2) is 18.5 Å². The van der Waals surface area contributed by atoms with E-state index in [0.29, 0.717) is 29.5 Å². The quantitative estimate of drug-likeness (QED) is 0.832. The third-order valence-electron chi connectivity index (χ3n) is 3.41. The van der Waals surface area contributed by atoms with Gasteiger partial charge < -0.3 is 4.90 Å². The normalized spacial score (nSPS) is 15.6. The van der Waals surface area contributed by atoms with E-state index in [0.717, 1.165) is 0 Å². The van der Waals surface area contributed by atoms with Crippen molar-refractivity contribution in [3.8, 4) is 0 Å². The second-order valence-electron chi connectivity index (χ2n) is 4.72. The molecule has 100 valence electrons. The highest BCUT2D eigenvalue weighted by molar-refractivity contribution is 6.33. The van der Waals surface area contributed by atoms with Gasteiger partial charge in [-0.1, -0.05) is 11.6 Å². The number of carbonyl (C=O) groups excluding carboxylic acids is 1. The van der Waals surface area contributed by atoms with E-state index in [2.05, 4.69) is 10.2 Å². The Morgan fingerprint density at radius 1 is 1.47 bits per heavy atom. The molecular weight excluding hydrogens is 266 g/mol. The van der Waals surface area contributed by atoms with Crippen molar-refractivity contribution in [2.75, 3.05) is 13.1 Å². The van der Waals surface area contributed by atoms with Crippen LogP contribution in [0.25, 0.3) is 0 Å². The molecule has 2 aromatic rings. The average molecular weight is 280 g/mol. The van der Waals surface area contributed by atoms with Crippen LogP contribution >= 0.6 is 11.6 Å². The molecule has 0 N–H and O–H groups in total. The first-order valence-electron chi connectivity index (χ1n) is 6.05. The zero-order valence-electron chi connectivity index (χ0n) is 10.7. The molecular formula is C12H14ClN5O. The molecule has 0 aromatic carbocycles. The molecule has 1 fully saturated rings. The second kappa shape index (κ2) is 4.38. The molecule has 2 aromatic heterocycles. The Balaban J connectivity index is 1.73. The number of amides is 1. The lowest BCUT2D eigenvalue weighted by Gasteiger charge is -2.39. The lowest BCUT2D eigenvalue weighted by Crippen LogP contribution is -2.51. The highest BCUT2D eigenvalue weighted by Gasteiger charge is 2.35. The molecule has 0 atom stereocenters. The molecule has 3 heterocycles. The summed E-state index contributed by atoms with van der Waals surface area (Å²) in [5.41, 5.74) is 1.17. The minimum atomic E-state index is -0.0565. The first-order valence-corrected chi connectivity index (χ1v) is 6.43. The minimum Gasteiger partial charge on any atom is -0.334 e. The van der Waals surface area contributed by atoms with Crippen molar-refractivity contribution in [2.24, 2.45) is 7.05 Å². The van der Waals surface area contributed by atoms with Crippen LogP contribution in [-0.2, 0) is 7.05 Å². The SMILES string of the molecule is Cc1nn(C)c(Cl)c1C(=O)N1CC(n2cccn2)C1. The topological polar surface area (TPSA) is 56.0 Å². The first kappa shape index (κ1) is 12.2. The Kier molecular flexibility index (Phi) is 2.82. The highest BCUT2D eigenvalue weighted by atomic mass is 35.5. The Morgan fingerprint density at radius 2 is 2.21 bits per heavy atom. The van der Waals surface area contributed by atoms with Crippen LogP contribution in [0.5, 0.6) is 0 Å². The fourth-order valence-corrected chi connectivity index (χ4v) is 2.57. The summed E-state index contributed by atoms with van der Waals surface area (Å²) in [6.45, 7) is 3.11. The van der Waals surface area contributed by atoms with E-state index in [1.165, 1.54) is 4.68 Å². The fourth-order valence-electron chi connectivity index (χ4n) is 2.32. The number of likely N-dealkylation sites (tertiary alicyclic amines) is 1. The monoisotopic (exact) mass is 279 g/mol. The van der Waals surface area contributed by atoms with E-state index in [1.807, 2.05) is 16.9 Å². The van der Waals surface area contributed by atoms with Gasteiger partial charge in [-0.15, -0.1) is 0 Å². The number of rotatable bonds is 2. The van der Waals surface area contributed by atoms with Gasteiger partial charge in [-0.05, 0) is 13.0 Å². The Morgan fingerprint density at radius 3 is 2.74 bits per heavy atom. The van der Waals surface area contributed by atoms with Crippen LogP contribution in [0, 0.1) is 6.92 Å². The maximum Gasteiger partial charge on any atom is 0.259 e. The number of aromatic nitrogens is 4. The molecule has 3 rings (SSSR count). The lowest BCUT2D eigenvalue weighted by atomic mass is 10.1. The first-order chi connectivity index (χ1) is 9.08. The fraction of sp³-hybridized carbons (Fsp3) is 0.417. The summed E-state index contributed by atoms with van der Waals surface area (Å²) in [7, 11) is 1.73. The van der Waals surface area contributed by atoms with Crippen LogP contribution in [0.3, 0.4) is 0 Å². The van der Waals surface area contributed by atoms with Gasteiger partial charge in [-0.25, -0.2) is 0 Å². The molecule has 1 amide bonds. The van der Waals surface area contributed by atoms with Crippen molar-refractivity contribution in [1.29, 1.82) is 0 Å². The van der Waals surface area contributed by atoms with E-state index in [9.17, 15) is 4.79 Å². The zero-order valence-corrected chi connectivity index (χ0v) is 11.5. The third kappa shape index (κ3) is 1.92. The number of hydrogen-bond acceptors (Lipinski definition) is 3. The largest absolute Gasteiger partial charge is 0.334 e. The summed E-state index contributed by atoms with van der Waals surface area (Å²) in [5.74, 6) is -0.0565. The smallest absolute Gasteiger partial charge is 0.259 e. The van der Waals surface area contributed by atoms with Crippen molar-refractivity contribution in [1.82, 2.24) is 24.5 Å². The zero-order chi connectivity index (χ0) is 13.6. The summed E-state index contributed by atoms with van der Waals surface area (Å²) >= 11 is 6.11. The molecule has 1 aliphatic rings. The molecule has 1 saturated heterocycles. The molecule has 19 heavy (non-hydrogen) atoms. The van der Waals surface area contributed by atoms with E-state index >= 15 is 0 Å². The maximum absolute atomic E-state index is 12.4. The minimum absolute atomic E-state index is 0.0565. The summed E-state index contributed by atoms with van der Waals surface area (Å²) in [6, 6.07) is 2.14. The van der Waals surface area contributed by atoms with Crippen molar-refractivity contribution in [3.05, 3.63) is 34.9 Å². The van der Waals surface area contributed by atoms with Crippen LogP contribution in [0.1, 0.15) is 22.1 Å². The van der Waals surface area contributed by atoms with Crippen LogP contribution in [-0.4, -0.2) is 43.5 Å². The molecule has 7 heteroatoms. The predicted molar refractivity (Wildman–Crippen MR) is 70.1 cm³/mol. The van der Waals surface area contributed by atoms with Crippen LogP contribution in [0.2, 0.25) is 5.15 Å². The average Bonchev–Trinajstić information content (AvgIpc) is 2.87. The number of nitrogens with zero attached hydrogens (tertiary/aromatic N) is 5. The van der Waals surface area contributed by atoms with Gasteiger partial charge >= 0.3 is 0 Å². The maximum atomic E-state index is 12.4. The Hall–Kier alpha value is -1.82. The van der Waals surface area contributed by atoms with Gasteiger partial charge in [-0.2, -0.15) is 10.2 Å². The van der Waals surface area contributed by atoms with Gasteiger partial charge in [0.2, 0.25) is 0 Å². The highest BCUT2D eigenvalue weighted by Crippen LogP contribution is 2.26. The second-order valence-corrected chi connectivity index (χ2v) is 5.08. The van der Waals surface area contributed by atoms with Crippen LogP contribution in [0.4, 0.5) is 0 Å². The van der Waals surface area contributed by atoms with E-state index in [1.54, 1.807) is 25.1 Å². The number of halogens is 1. The number of hydrogen-bond donors (Lipinski definition) is 0. The predicted octanol–water partition coefficient (Wildman–Crippen LogP) is 1.28. The molecule has 0 bridgehead atoms. The Labute approximate surface area is 115 Å². The summed E-state index contributed by atoms with van der Waals surface area (Å²) in [6.07, 6.45) is 3.65. The third-order valence-corrected chi connectivity index (χ3v) is 3.85. The summed E-state index contributed by atoms with van der Waals surface area (Å²) in [4.78, 5) is 14.1. The Bertz CT molecular complexity index is 612. The van der Waals surface area contributed by atoms with Gasteiger partial charge in [0, 0.05) is 32.5 Å². The molecule has 0 aliphatic carbocycles. The van der Waals surface area contributed by atoms with Crippen molar-refractivity contribution >= 4 is 17.5 Å². The molecule has 1 aliphatic heterocycles. The van der Waals surface area contributed by atoms with Gasteiger partial charge in [0.15, 0.2) is 0 Å². The van der Waals surface area contributed by atoms with Gasteiger partial charge in [0.1, 0.15) is 5.15 Å². The molecule has 0 spiro atoms. The molecule has 0 unspecified atom stereocenters. The molecule has 0 radical (unpaired) electrons. The van der Waals surface area contributed by atoms with Gasteiger partial charge in [-0.3, -0.25) is 14.2 Å². The standard InChI is InChI=1S/C12H14ClN5O/c1-8-10(11(13)16(2)15-8)12(19)17-6-9(7-17)18-5-3-4-14-18/h3-5,9H,6-7H2,1-2H3. The van der Waals surface area contributed by atoms with E-state index in [4.69, 9.17) is 11.6 Å². The molecule has 6 nitrogen and oxygen atoms in total. The van der Waals surface area contributed by atoms with Crippen molar-refractivity contribution in [3.63, 3.8) is 0 Å². The van der Waals surface area contributed by atoms with E-state index in [-0.39, 0.29) is 11.9 Å². The van der Waals surface area contributed by atoms with Crippen molar-refractivity contribution in [2.45, 2.75) is 13.0 Å². The van der Waals surface area contributed by atoms with Gasteiger partial charge in [0.25, 0.3) is 5.91 Å². The number of carbonyl (C=O) groups is 1. The molecule has 0 saturated carbocycles. The van der Waals surface area contributed by atoms with Crippen molar-refractivity contribution < 1.29 is 4.79 Å². The summed E-state index contributed by atoms with van der Waals surface area (Å²) < 4.78 is 3.40. The number of aryl methyl sites for hydroxylation is 2. The van der Waals surface area contributed by atoms with Gasteiger partial charge in [0.05, 0.1) is 17.3 Å². The van der Waals surface area contributed by atoms with E-state index < -0.39 is 0 Å². The summed E-state index contributed by atoms with van der Waals surface area (Å²) in [5, 5.41) is 8.73. The van der Waals surface area contributed by atoms with Crippen LogP contribution < -0.4 is 0 Å². The lowest BCUT2D eigenvalue weighted by molar-refractivity contribution is 0.0501.